The van der Waals surface area contributed by atoms with Gasteiger partial charge in [-0.05, 0) is 43.3 Å². The quantitative estimate of drug-likeness (QED) is 0.855. The molecule has 0 saturated carbocycles. The summed E-state index contributed by atoms with van der Waals surface area (Å²) in [7, 11) is 1.59. The van der Waals surface area contributed by atoms with E-state index in [4.69, 9.17) is 4.74 Å². The molecule has 1 atom stereocenters. The van der Waals surface area contributed by atoms with E-state index in [0.717, 1.165) is 5.69 Å². The van der Waals surface area contributed by atoms with Crippen LogP contribution in [0.3, 0.4) is 0 Å². The van der Waals surface area contributed by atoms with Gasteiger partial charge in [0.1, 0.15) is 11.0 Å². The summed E-state index contributed by atoms with van der Waals surface area (Å²) in [5.41, 5.74) is 1.41. The van der Waals surface area contributed by atoms with Crippen molar-refractivity contribution in [1.82, 2.24) is 4.90 Å². The highest BCUT2D eigenvalue weighted by atomic mass is 32.2. The number of rotatable bonds is 5. The summed E-state index contributed by atoms with van der Waals surface area (Å²) >= 11 is 1.32. The number of carbonyl (C=O) groups is 2. The van der Waals surface area contributed by atoms with Crippen molar-refractivity contribution in [3.05, 3.63) is 54.6 Å². The summed E-state index contributed by atoms with van der Waals surface area (Å²) in [5.74, 6) is 0.405. The van der Waals surface area contributed by atoms with Crippen molar-refractivity contribution >= 4 is 40.1 Å². The molecule has 7 heteroatoms. The standard InChI is InChI=1S/C20H21N3O3S/c1-3-23-18(24)13-17(27-20(23)22-14-7-5-4-6-8-14)19(25)21-15-9-11-16(26-2)12-10-15/h4-12,17H,3,13H2,1-2H3,(H,21,25)/t17-/m1/s1. The van der Waals surface area contributed by atoms with Crippen LogP contribution < -0.4 is 10.1 Å². The fourth-order valence-electron chi connectivity index (χ4n) is 2.66. The molecule has 0 radical (unpaired) electrons. The van der Waals surface area contributed by atoms with Gasteiger partial charge in [0.25, 0.3) is 0 Å². The first-order valence-corrected chi connectivity index (χ1v) is 9.54. The molecule has 1 saturated heterocycles. The Morgan fingerprint density at radius 1 is 1.22 bits per heavy atom. The van der Waals surface area contributed by atoms with Gasteiger partial charge in [0.05, 0.1) is 12.8 Å². The smallest absolute Gasteiger partial charge is 0.238 e. The molecule has 1 aliphatic rings. The monoisotopic (exact) mass is 383 g/mol. The number of anilines is 1. The zero-order chi connectivity index (χ0) is 19.2. The molecule has 2 amide bonds. The summed E-state index contributed by atoms with van der Waals surface area (Å²) in [5, 5.41) is 2.89. The Hall–Kier alpha value is -2.80. The van der Waals surface area contributed by atoms with Gasteiger partial charge in [-0.2, -0.15) is 0 Å². The van der Waals surface area contributed by atoms with Gasteiger partial charge in [-0.1, -0.05) is 30.0 Å². The first kappa shape index (κ1) is 19.0. The first-order chi connectivity index (χ1) is 13.1. The van der Waals surface area contributed by atoms with Gasteiger partial charge in [-0.3, -0.25) is 14.5 Å². The Kier molecular flexibility index (Phi) is 6.13. The second-order valence-electron chi connectivity index (χ2n) is 5.90. The summed E-state index contributed by atoms with van der Waals surface area (Å²) in [6.07, 6.45) is 0.147. The molecule has 1 aliphatic heterocycles. The number of carbonyl (C=O) groups excluding carboxylic acids is 2. The van der Waals surface area contributed by atoms with Crippen molar-refractivity contribution < 1.29 is 14.3 Å². The molecule has 27 heavy (non-hydrogen) atoms. The van der Waals surface area contributed by atoms with Gasteiger partial charge < -0.3 is 10.1 Å². The summed E-state index contributed by atoms with van der Waals surface area (Å²) < 4.78 is 5.12. The molecule has 0 unspecified atom stereocenters. The SMILES string of the molecule is CCN1C(=O)C[C@H](C(=O)Nc2ccc(OC)cc2)SC1=Nc1ccccc1. The number of thioether (sulfide) groups is 1. The lowest BCUT2D eigenvalue weighted by atomic mass is 10.2. The predicted molar refractivity (Wildman–Crippen MR) is 109 cm³/mol. The van der Waals surface area contributed by atoms with Crippen LogP contribution >= 0.6 is 11.8 Å². The van der Waals surface area contributed by atoms with E-state index < -0.39 is 5.25 Å². The van der Waals surface area contributed by atoms with Crippen LogP contribution in [0.1, 0.15) is 13.3 Å². The molecular formula is C20H21N3O3S. The molecule has 0 spiro atoms. The number of para-hydroxylation sites is 1. The number of benzene rings is 2. The van der Waals surface area contributed by atoms with Crippen molar-refractivity contribution in [2.24, 2.45) is 4.99 Å². The van der Waals surface area contributed by atoms with Crippen LogP contribution in [0.5, 0.6) is 5.75 Å². The average Bonchev–Trinajstić information content (AvgIpc) is 2.69. The Morgan fingerprint density at radius 2 is 1.93 bits per heavy atom. The van der Waals surface area contributed by atoms with Crippen LogP contribution in [-0.4, -0.2) is 40.8 Å². The number of aliphatic imine (C=N–C) groups is 1. The van der Waals surface area contributed by atoms with Gasteiger partial charge in [0, 0.05) is 18.7 Å². The largest absolute Gasteiger partial charge is 0.497 e. The van der Waals surface area contributed by atoms with E-state index in [0.29, 0.717) is 23.1 Å². The number of nitrogens with zero attached hydrogens (tertiary/aromatic N) is 2. The van der Waals surface area contributed by atoms with Crippen LogP contribution in [0.15, 0.2) is 59.6 Å². The van der Waals surface area contributed by atoms with E-state index in [-0.39, 0.29) is 18.2 Å². The molecule has 0 bridgehead atoms. The normalized spacial score (nSPS) is 18.4. The zero-order valence-electron chi connectivity index (χ0n) is 15.2. The summed E-state index contributed by atoms with van der Waals surface area (Å²) in [4.78, 5) is 31.4. The van der Waals surface area contributed by atoms with E-state index in [2.05, 4.69) is 10.3 Å². The van der Waals surface area contributed by atoms with Gasteiger partial charge >= 0.3 is 0 Å². The Morgan fingerprint density at radius 3 is 2.56 bits per heavy atom. The molecule has 1 N–H and O–H groups in total. The lowest BCUT2D eigenvalue weighted by Crippen LogP contribution is -2.45. The lowest BCUT2D eigenvalue weighted by molar-refractivity contribution is -0.129. The summed E-state index contributed by atoms with van der Waals surface area (Å²) in [6, 6.07) is 16.5. The number of nitrogens with one attached hydrogen (secondary N) is 1. The van der Waals surface area contributed by atoms with Crippen LogP contribution in [0, 0.1) is 0 Å². The van der Waals surface area contributed by atoms with Crippen molar-refractivity contribution in [3.63, 3.8) is 0 Å². The highest BCUT2D eigenvalue weighted by Crippen LogP contribution is 2.29. The van der Waals surface area contributed by atoms with E-state index in [1.165, 1.54) is 11.8 Å². The van der Waals surface area contributed by atoms with Crippen LogP contribution in [0.25, 0.3) is 0 Å². The second kappa shape index (κ2) is 8.73. The third-order valence-corrected chi connectivity index (χ3v) is 5.27. The lowest BCUT2D eigenvalue weighted by Gasteiger charge is -2.30. The number of hydrogen-bond donors (Lipinski definition) is 1. The van der Waals surface area contributed by atoms with Gasteiger partial charge in [-0.25, -0.2) is 4.99 Å². The third-order valence-electron chi connectivity index (χ3n) is 4.09. The topological polar surface area (TPSA) is 71.0 Å². The molecule has 3 rings (SSSR count). The molecule has 2 aromatic rings. The minimum Gasteiger partial charge on any atom is -0.497 e. The maximum Gasteiger partial charge on any atom is 0.238 e. The summed E-state index contributed by atoms with van der Waals surface area (Å²) in [6.45, 7) is 2.42. The molecule has 0 aromatic heterocycles. The minimum absolute atomic E-state index is 0.0965. The molecule has 1 fully saturated rings. The van der Waals surface area contributed by atoms with Crippen molar-refractivity contribution in [1.29, 1.82) is 0 Å². The van der Waals surface area contributed by atoms with Crippen LogP contribution in [-0.2, 0) is 9.59 Å². The Labute approximate surface area is 162 Å². The first-order valence-electron chi connectivity index (χ1n) is 8.66. The van der Waals surface area contributed by atoms with Crippen LogP contribution in [0.2, 0.25) is 0 Å². The number of amides is 2. The predicted octanol–water partition coefficient (Wildman–Crippen LogP) is 3.68. The fraction of sp³-hybridized carbons (Fsp3) is 0.250. The molecule has 2 aromatic carbocycles. The third kappa shape index (κ3) is 4.68. The second-order valence-corrected chi connectivity index (χ2v) is 7.07. The van der Waals surface area contributed by atoms with Crippen molar-refractivity contribution in [2.75, 3.05) is 19.0 Å². The van der Waals surface area contributed by atoms with E-state index in [1.807, 2.05) is 37.3 Å². The minimum atomic E-state index is -0.523. The maximum absolute atomic E-state index is 12.7. The fourth-order valence-corrected chi connectivity index (χ4v) is 3.83. The molecule has 140 valence electrons. The molecule has 1 heterocycles. The average molecular weight is 383 g/mol. The Balaban J connectivity index is 1.76. The zero-order valence-corrected chi connectivity index (χ0v) is 16.0. The van der Waals surface area contributed by atoms with E-state index in [1.54, 1.807) is 36.3 Å². The highest BCUT2D eigenvalue weighted by molar-refractivity contribution is 8.15. The molecule has 0 aliphatic carbocycles. The van der Waals surface area contributed by atoms with E-state index in [9.17, 15) is 9.59 Å². The van der Waals surface area contributed by atoms with Gasteiger partial charge in [-0.15, -0.1) is 0 Å². The number of methoxy groups -OCH3 is 1. The van der Waals surface area contributed by atoms with Crippen LogP contribution in [0.4, 0.5) is 11.4 Å². The highest BCUT2D eigenvalue weighted by Gasteiger charge is 2.35. The van der Waals surface area contributed by atoms with Gasteiger partial charge in [0.2, 0.25) is 11.8 Å². The Bertz CT molecular complexity index is 837. The van der Waals surface area contributed by atoms with Gasteiger partial charge in [0.15, 0.2) is 5.17 Å². The maximum atomic E-state index is 12.7. The number of amidine groups is 1. The number of ether oxygens (including phenoxy) is 1. The molecular weight excluding hydrogens is 362 g/mol. The molecule has 6 nitrogen and oxygen atoms in total. The van der Waals surface area contributed by atoms with Crippen molar-refractivity contribution in [2.45, 2.75) is 18.6 Å². The van der Waals surface area contributed by atoms with Crippen molar-refractivity contribution in [3.8, 4) is 5.75 Å². The van der Waals surface area contributed by atoms with E-state index >= 15 is 0 Å². The number of hydrogen-bond acceptors (Lipinski definition) is 5.